The molecule has 0 amide bonds. The van der Waals surface area contributed by atoms with Crippen molar-refractivity contribution < 1.29 is 0 Å². The minimum Gasteiger partial charge on any atom is -0.147 e. The average molecular weight is 279 g/mol. The maximum absolute atomic E-state index is 2.28. The first-order valence-corrected chi connectivity index (χ1v) is 6.99. The van der Waals surface area contributed by atoms with Crippen molar-refractivity contribution in [2.24, 2.45) is 0 Å². The van der Waals surface area contributed by atoms with Crippen LogP contribution in [0.4, 0.5) is 0 Å². The smallest absolute Gasteiger partial charge is 0.0126 e. The van der Waals surface area contributed by atoms with Gasteiger partial charge in [0.1, 0.15) is 0 Å². The molecule has 0 bridgehead atoms. The van der Waals surface area contributed by atoms with E-state index in [0.717, 1.165) is 8.58 Å². The molecule has 2 heteroatoms. The van der Waals surface area contributed by atoms with Crippen molar-refractivity contribution >= 4 is 31.6 Å². The molecule has 0 radical (unpaired) electrons. The van der Waals surface area contributed by atoms with Gasteiger partial charge in [0.05, 0.1) is 0 Å². The summed E-state index contributed by atoms with van der Waals surface area (Å²) in [5, 5.41) is 2.87. The lowest BCUT2D eigenvalue weighted by Crippen LogP contribution is -2.21. The zero-order valence-electron chi connectivity index (χ0n) is 11.1. The number of benzene rings is 2. The SMILES string of the molecule is CC(C)(C)c1ccccc1Pc1ccccc1.Cl. The van der Waals surface area contributed by atoms with E-state index < -0.39 is 0 Å². The molecule has 18 heavy (non-hydrogen) atoms. The summed E-state index contributed by atoms with van der Waals surface area (Å²) in [6.07, 6.45) is 0. The van der Waals surface area contributed by atoms with Gasteiger partial charge >= 0.3 is 0 Å². The maximum Gasteiger partial charge on any atom is -0.0126 e. The second kappa shape index (κ2) is 6.36. The molecule has 2 rings (SSSR count). The fourth-order valence-corrected chi connectivity index (χ4v) is 3.37. The molecular formula is C16H20ClP. The Bertz CT molecular complexity index is 486. The van der Waals surface area contributed by atoms with Crippen molar-refractivity contribution in [3.63, 3.8) is 0 Å². The molecule has 2 aromatic carbocycles. The molecule has 0 aliphatic carbocycles. The van der Waals surface area contributed by atoms with Crippen molar-refractivity contribution in [3.05, 3.63) is 60.2 Å². The minimum absolute atomic E-state index is 0. The summed E-state index contributed by atoms with van der Waals surface area (Å²) in [6.45, 7) is 6.84. The quantitative estimate of drug-likeness (QED) is 0.728. The fraction of sp³-hybridized carbons (Fsp3) is 0.250. The van der Waals surface area contributed by atoms with Gasteiger partial charge in [0.2, 0.25) is 0 Å². The van der Waals surface area contributed by atoms with Crippen LogP contribution < -0.4 is 10.6 Å². The topological polar surface area (TPSA) is 0 Å². The first-order chi connectivity index (χ1) is 8.07. The van der Waals surface area contributed by atoms with Crippen LogP contribution in [0.2, 0.25) is 0 Å². The van der Waals surface area contributed by atoms with E-state index in [2.05, 4.69) is 75.4 Å². The third-order valence-corrected chi connectivity index (χ3v) is 4.12. The zero-order chi connectivity index (χ0) is 12.3. The van der Waals surface area contributed by atoms with Gasteiger partial charge in [0, 0.05) is 0 Å². The molecule has 2 aromatic rings. The average Bonchev–Trinajstić information content (AvgIpc) is 2.30. The Balaban J connectivity index is 0.00000162. The predicted molar refractivity (Wildman–Crippen MR) is 86.4 cm³/mol. The zero-order valence-corrected chi connectivity index (χ0v) is 12.9. The first-order valence-electron chi connectivity index (χ1n) is 5.99. The molecular weight excluding hydrogens is 259 g/mol. The van der Waals surface area contributed by atoms with Gasteiger partial charge in [-0.2, -0.15) is 0 Å². The summed E-state index contributed by atoms with van der Waals surface area (Å²) in [7, 11) is 0.749. The van der Waals surface area contributed by atoms with Gasteiger partial charge in [0.25, 0.3) is 0 Å². The largest absolute Gasteiger partial charge is 0.147 e. The molecule has 0 aliphatic rings. The summed E-state index contributed by atoms with van der Waals surface area (Å²) in [6, 6.07) is 19.5. The molecule has 0 nitrogen and oxygen atoms in total. The molecule has 0 aliphatic heterocycles. The van der Waals surface area contributed by atoms with Crippen LogP contribution in [-0.2, 0) is 5.41 Å². The van der Waals surface area contributed by atoms with E-state index in [1.807, 2.05) is 0 Å². The van der Waals surface area contributed by atoms with Crippen molar-refractivity contribution in [1.82, 2.24) is 0 Å². The molecule has 0 aromatic heterocycles. The summed E-state index contributed by atoms with van der Waals surface area (Å²) < 4.78 is 0. The number of hydrogen-bond acceptors (Lipinski definition) is 0. The van der Waals surface area contributed by atoms with Crippen molar-refractivity contribution in [2.75, 3.05) is 0 Å². The summed E-state index contributed by atoms with van der Waals surface area (Å²) in [4.78, 5) is 0. The highest BCUT2D eigenvalue weighted by Crippen LogP contribution is 2.24. The molecule has 0 N–H and O–H groups in total. The third-order valence-electron chi connectivity index (χ3n) is 2.79. The Morgan fingerprint density at radius 3 is 1.94 bits per heavy atom. The van der Waals surface area contributed by atoms with Gasteiger partial charge in [0.15, 0.2) is 0 Å². The van der Waals surface area contributed by atoms with Gasteiger partial charge in [-0.1, -0.05) is 83.9 Å². The Kier molecular flexibility index (Phi) is 5.38. The standard InChI is InChI=1S/C16H19P.ClH/c1-16(2,3)14-11-7-8-12-15(14)17-13-9-5-4-6-10-13;/h4-12,17H,1-3H3;1H. The molecule has 96 valence electrons. The second-order valence-corrected chi connectivity index (χ2v) is 6.65. The van der Waals surface area contributed by atoms with E-state index in [-0.39, 0.29) is 17.8 Å². The number of halogens is 1. The van der Waals surface area contributed by atoms with E-state index in [0.29, 0.717) is 0 Å². The lowest BCUT2D eigenvalue weighted by molar-refractivity contribution is 0.594. The van der Waals surface area contributed by atoms with Crippen LogP contribution in [0.1, 0.15) is 26.3 Å². The lowest BCUT2D eigenvalue weighted by Gasteiger charge is -2.22. The van der Waals surface area contributed by atoms with Crippen LogP contribution >= 0.6 is 21.0 Å². The van der Waals surface area contributed by atoms with Crippen molar-refractivity contribution in [2.45, 2.75) is 26.2 Å². The highest BCUT2D eigenvalue weighted by molar-refractivity contribution is 7.55. The minimum atomic E-state index is 0. The summed E-state index contributed by atoms with van der Waals surface area (Å²) in [5.74, 6) is 0. The Morgan fingerprint density at radius 1 is 0.778 bits per heavy atom. The molecule has 0 saturated heterocycles. The molecule has 0 heterocycles. The van der Waals surface area contributed by atoms with Crippen LogP contribution in [-0.4, -0.2) is 0 Å². The van der Waals surface area contributed by atoms with Gasteiger partial charge in [-0.15, -0.1) is 12.4 Å². The monoisotopic (exact) mass is 278 g/mol. The summed E-state index contributed by atoms with van der Waals surface area (Å²) in [5.41, 5.74) is 1.68. The highest BCUT2D eigenvalue weighted by atomic mass is 35.5. The first kappa shape index (κ1) is 15.2. The molecule has 1 atom stereocenters. The predicted octanol–water partition coefficient (Wildman–Crippen LogP) is 4.04. The Hall–Kier alpha value is -0.840. The Labute approximate surface area is 118 Å². The van der Waals surface area contributed by atoms with Gasteiger partial charge in [-0.05, 0) is 21.6 Å². The Morgan fingerprint density at radius 2 is 1.33 bits per heavy atom. The molecule has 0 spiro atoms. The molecule has 0 fully saturated rings. The van der Waals surface area contributed by atoms with Gasteiger partial charge in [-0.25, -0.2) is 0 Å². The normalized spacial score (nSPS) is 11.5. The molecule has 0 saturated carbocycles. The van der Waals surface area contributed by atoms with Crippen LogP contribution in [0.3, 0.4) is 0 Å². The van der Waals surface area contributed by atoms with E-state index in [1.54, 1.807) is 0 Å². The number of rotatable bonds is 2. The van der Waals surface area contributed by atoms with Crippen LogP contribution in [0.15, 0.2) is 54.6 Å². The van der Waals surface area contributed by atoms with Gasteiger partial charge < -0.3 is 0 Å². The van der Waals surface area contributed by atoms with E-state index in [1.165, 1.54) is 16.2 Å². The highest BCUT2D eigenvalue weighted by Gasteiger charge is 2.17. The van der Waals surface area contributed by atoms with Crippen LogP contribution in [0.25, 0.3) is 0 Å². The summed E-state index contributed by atoms with van der Waals surface area (Å²) >= 11 is 0. The second-order valence-electron chi connectivity index (χ2n) is 5.29. The fourth-order valence-electron chi connectivity index (χ4n) is 1.92. The van der Waals surface area contributed by atoms with E-state index in [9.17, 15) is 0 Å². The number of hydrogen-bond donors (Lipinski definition) is 0. The molecule has 1 unspecified atom stereocenters. The van der Waals surface area contributed by atoms with Crippen LogP contribution in [0, 0.1) is 0 Å². The van der Waals surface area contributed by atoms with Crippen LogP contribution in [0.5, 0.6) is 0 Å². The van der Waals surface area contributed by atoms with Crippen molar-refractivity contribution in [1.29, 1.82) is 0 Å². The third kappa shape index (κ3) is 3.83. The maximum atomic E-state index is 2.28. The lowest BCUT2D eigenvalue weighted by atomic mass is 9.87. The van der Waals surface area contributed by atoms with E-state index >= 15 is 0 Å². The van der Waals surface area contributed by atoms with Gasteiger partial charge in [-0.3, -0.25) is 0 Å². The van der Waals surface area contributed by atoms with Crippen molar-refractivity contribution in [3.8, 4) is 0 Å². The van der Waals surface area contributed by atoms with E-state index in [4.69, 9.17) is 0 Å².